The van der Waals surface area contributed by atoms with Crippen molar-refractivity contribution in [1.29, 1.82) is 0 Å². The normalized spacial score (nSPS) is 18.5. The molecule has 0 heterocycles. The van der Waals surface area contributed by atoms with Crippen LogP contribution in [-0.4, -0.2) is 12.1 Å². The number of amides is 2. The Labute approximate surface area is 139 Å². The molecule has 0 aromatic heterocycles. The largest absolute Gasteiger partial charge is 0.335 e. The van der Waals surface area contributed by atoms with Crippen molar-refractivity contribution in [3.63, 3.8) is 0 Å². The molecule has 0 saturated heterocycles. The molecule has 1 aliphatic rings. The number of nitrogens with one attached hydrogen (secondary N) is 2. The molecular formula is C19H29FN2O. The number of hydrogen-bond acceptors (Lipinski definition) is 1. The summed E-state index contributed by atoms with van der Waals surface area (Å²) in [5.41, 5.74) is 0.234. The second kappa shape index (κ2) is 10.2. The Morgan fingerprint density at radius 3 is 1.96 bits per heavy atom. The van der Waals surface area contributed by atoms with Crippen LogP contribution in [0.4, 0.5) is 14.9 Å². The molecule has 0 radical (unpaired) electrons. The minimum absolute atomic E-state index is 0.196. The number of hydrogen-bond donors (Lipinski definition) is 2. The van der Waals surface area contributed by atoms with Gasteiger partial charge in [0.15, 0.2) is 0 Å². The van der Waals surface area contributed by atoms with Gasteiger partial charge in [-0.05, 0) is 25.0 Å². The first-order chi connectivity index (χ1) is 11.3. The van der Waals surface area contributed by atoms with E-state index in [2.05, 4.69) is 10.6 Å². The van der Waals surface area contributed by atoms with Gasteiger partial charge in [-0.3, -0.25) is 0 Å². The second-order valence-corrected chi connectivity index (χ2v) is 6.53. The zero-order valence-electron chi connectivity index (χ0n) is 14.0. The molecule has 128 valence electrons. The Morgan fingerprint density at radius 2 is 1.39 bits per heavy atom. The summed E-state index contributed by atoms with van der Waals surface area (Å²) in [5, 5.41) is 5.65. The molecule has 0 unspecified atom stereocenters. The third-order valence-corrected chi connectivity index (χ3v) is 4.56. The van der Waals surface area contributed by atoms with Crippen LogP contribution in [0.25, 0.3) is 0 Å². The highest BCUT2D eigenvalue weighted by atomic mass is 19.1. The Morgan fingerprint density at radius 1 is 0.870 bits per heavy atom. The summed E-state index contributed by atoms with van der Waals surface area (Å²) < 4.78 is 13.6. The van der Waals surface area contributed by atoms with E-state index in [0.29, 0.717) is 0 Å². The van der Waals surface area contributed by atoms with E-state index in [1.807, 2.05) is 0 Å². The van der Waals surface area contributed by atoms with Crippen molar-refractivity contribution >= 4 is 11.7 Å². The van der Waals surface area contributed by atoms with Gasteiger partial charge in [0.05, 0.1) is 5.69 Å². The highest BCUT2D eigenvalue weighted by Gasteiger charge is 2.13. The smallest absolute Gasteiger partial charge is 0.319 e. The van der Waals surface area contributed by atoms with E-state index >= 15 is 0 Å². The van der Waals surface area contributed by atoms with E-state index in [4.69, 9.17) is 0 Å². The first-order valence-electron chi connectivity index (χ1n) is 9.08. The first kappa shape index (κ1) is 17.8. The van der Waals surface area contributed by atoms with Crippen LogP contribution in [0.2, 0.25) is 0 Å². The Balaban J connectivity index is 1.82. The van der Waals surface area contributed by atoms with Crippen LogP contribution in [0.3, 0.4) is 0 Å². The standard InChI is InChI=1S/C19H29FN2O/c20-17-14-10-11-15-18(17)22-19(23)21-16-12-8-6-4-2-1-3-5-7-9-13-16/h10-11,14-16H,1-9,12-13H2,(H2,21,22,23). The summed E-state index contributed by atoms with van der Waals surface area (Å²) in [6.45, 7) is 0. The summed E-state index contributed by atoms with van der Waals surface area (Å²) in [5.74, 6) is -0.402. The van der Waals surface area contributed by atoms with Crippen molar-refractivity contribution < 1.29 is 9.18 Å². The van der Waals surface area contributed by atoms with E-state index in [0.717, 1.165) is 25.7 Å². The first-order valence-corrected chi connectivity index (χ1v) is 9.08. The quantitative estimate of drug-likeness (QED) is 0.729. The van der Waals surface area contributed by atoms with Gasteiger partial charge in [0, 0.05) is 6.04 Å². The summed E-state index contributed by atoms with van der Waals surface area (Å²) in [7, 11) is 0. The molecule has 2 N–H and O–H groups in total. The maximum absolute atomic E-state index is 13.6. The van der Waals surface area contributed by atoms with Crippen molar-refractivity contribution in [1.82, 2.24) is 5.32 Å². The Hall–Kier alpha value is -1.58. The lowest BCUT2D eigenvalue weighted by molar-refractivity contribution is 0.246. The average molecular weight is 320 g/mol. The minimum Gasteiger partial charge on any atom is -0.335 e. The topological polar surface area (TPSA) is 41.1 Å². The lowest BCUT2D eigenvalue weighted by Crippen LogP contribution is -2.38. The van der Waals surface area contributed by atoms with Crippen LogP contribution in [-0.2, 0) is 0 Å². The minimum atomic E-state index is -0.402. The van der Waals surface area contributed by atoms with Crippen LogP contribution in [0, 0.1) is 5.82 Å². The molecule has 1 aromatic carbocycles. The van der Waals surface area contributed by atoms with Gasteiger partial charge in [-0.15, -0.1) is 0 Å². The van der Waals surface area contributed by atoms with Gasteiger partial charge in [0.1, 0.15) is 5.82 Å². The van der Waals surface area contributed by atoms with E-state index < -0.39 is 5.82 Å². The summed E-state index contributed by atoms with van der Waals surface area (Å²) in [6.07, 6.45) is 13.5. The van der Waals surface area contributed by atoms with Crippen LogP contribution in [0.15, 0.2) is 24.3 Å². The molecule has 1 fully saturated rings. The average Bonchev–Trinajstić information content (AvgIpc) is 2.52. The predicted octanol–water partition coefficient (Wildman–Crippen LogP) is 5.62. The van der Waals surface area contributed by atoms with E-state index in [9.17, 15) is 9.18 Å². The molecule has 0 bridgehead atoms. The number of carbonyl (C=O) groups is 1. The van der Waals surface area contributed by atoms with Crippen LogP contribution >= 0.6 is 0 Å². The Bertz CT molecular complexity index is 466. The monoisotopic (exact) mass is 320 g/mol. The van der Waals surface area contributed by atoms with E-state index in [1.54, 1.807) is 18.2 Å². The number of anilines is 1. The maximum Gasteiger partial charge on any atom is 0.319 e. The van der Waals surface area contributed by atoms with Crippen LogP contribution in [0.5, 0.6) is 0 Å². The van der Waals surface area contributed by atoms with E-state index in [-0.39, 0.29) is 17.8 Å². The third-order valence-electron chi connectivity index (χ3n) is 4.56. The van der Waals surface area contributed by atoms with Crippen molar-refractivity contribution in [2.75, 3.05) is 5.32 Å². The van der Waals surface area contributed by atoms with Gasteiger partial charge in [-0.1, -0.05) is 69.9 Å². The van der Waals surface area contributed by atoms with Crippen molar-refractivity contribution in [2.45, 2.75) is 76.7 Å². The van der Waals surface area contributed by atoms with E-state index in [1.165, 1.54) is 51.0 Å². The third kappa shape index (κ3) is 7.02. The molecule has 0 spiro atoms. The lowest BCUT2D eigenvalue weighted by atomic mass is 9.98. The van der Waals surface area contributed by atoms with Crippen LogP contribution < -0.4 is 10.6 Å². The number of urea groups is 1. The zero-order valence-corrected chi connectivity index (χ0v) is 14.0. The molecule has 2 amide bonds. The lowest BCUT2D eigenvalue weighted by Gasteiger charge is -2.20. The highest BCUT2D eigenvalue weighted by Crippen LogP contribution is 2.17. The van der Waals surface area contributed by atoms with Gasteiger partial charge < -0.3 is 10.6 Å². The molecule has 23 heavy (non-hydrogen) atoms. The summed E-state index contributed by atoms with van der Waals surface area (Å²) in [4.78, 5) is 12.1. The highest BCUT2D eigenvalue weighted by molar-refractivity contribution is 5.89. The fourth-order valence-electron chi connectivity index (χ4n) is 3.21. The molecule has 4 heteroatoms. The van der Waals surface area contributed by atoms with Gasteiger partial charge >= 0.3 is 6.03 Å². The van der Waals surface area contributed by atoms with Crippen molar-refractivity contribution in [3.05, 3.63) is 30.1 Å². The van der Waals surface area contributed by atoms with Gasteiger partial charge in [-0.25, -0.2) is 9.18 Å². The predicted molar refractivity (Wildman–Crippen MR) is 93.1 cm³/mol. The van der Waals surface area contributed by atoms with Gasteiger partial charge in [0.25, 0.3) is 0 Å². The number of para-hydroxylation sites is 1. The molecule has 0 atom stereocenters. The molecule has 1 aromatic rings. The number of rotatable bonds is 2. The summed E-state index contributed by atoms with van der Waals surface area (Å²) >= 11 is 0. The SMILES string of the molecule is O=C(Nc1ccccc1F)NC1CCCCCCCCCCC1. The molecule has 0 aliphatic heterocycles. The van der Waals surface area contributed by atoms with Gasteiger partial charge in [0.2, 0.25) is 0 Å². The number of halogens is 1. The molecule has 3 nitrogen and oxygen atoms in total. The number of benzene rings is 1. The molecular weight excluding hydrogens is 291 g/mol. The zero-order chi connectivity index (χ0) is 16.3. The van der Waals surface area contributed by atoms with Crippen LogP contribution in [0.1, 0.15) is 70.6 Å². The maximum atomic E-state index is 13.6. The Kier molecular flexibility index (Phi) is 7.91. The molecule has 1 saturated carbocycles. The second-order valence-electron chi connectivity index (χ2n) is 6.53. The number of carbonyl (C=O) groups excluding carboxylic acids is 1. The molecule has 1 aliphatic carbocycles. The summed E-state index contributed by atoms with van der Waals surface area (Å²) in [6, 6.07) is 6.16. The molecule has 2 rings (SSSR count). The van der Waals surface area contributed by atoms with Crippen molar-refractivity contribution in [3.8, 4) is 0 Å². The van der Waals surface area contributed by atoms with Gasteiger partial charge in [-0.2, -0.15) is 0 Å². The van der Waals surface area contributed by atoms with Crippen molar-refractivity contribution in [2.24, 2.45) is 0 Å². The fourth-order valence-corrected chi connectivity index (χ4v) is 3.21. The fraction of sp³-hybridized carbons (Fsp3) is 0.632.